The van der Waals surface area contributed by atoms with Gasteiger partial charge in [0.25, 0.3) is 11.8 Å². The first-order chi connectivity index (χ1) is 16.0. The Balaban J connectivity index is 1.58. The van der Waals surface area contributed by atoms with Gasteiger partial charge in [0, 0.05) is 31.8 Å². The summed E-state index contributed by atoms with van der Waals surface area (Å²) in [7, 11) is 1.60. The van der Waals surface area contributed by atoms with Crippen LogP contribution in [0.3, 0.4) is 0 Å². The second kappa shape index (κ2) is 11.7. The fourth-order valence-corrected chi connectivity index (χ4v) is 3.02. The van der Waals surface area contributed by atoms with Gasteiger partial charge in [-0.25, -0.2) is 14.9 Å². The quantitative estimate of drug-likeness (QED) is 0.301. The molecule has 3 N–H and O–H groups in total. The number of nitrogens with zero attached hydrogens (tertiary/aromatic N) is 2. The van der Waals surface area contributed by atoms with Gasteiger partial charge < -0.3 is 19.4 Å². The maximum atomic E-state index is 13.0. The van der Waals surface area contributed by atoms with Crippen LogP contribution in [-0.2, 0) is 29.1 Å². The zero-order valence-corrected chi connectivity index (χ0v) is 18.0. The van der Waals surface area contributed by atoms with Gasteiger partial charge in [-0.2, -0.15) is 0 Å². The third kappa shape index (κ3) is 7.13. The van der Waals surface area contributed by atoms with Crippen LogP contribution in [0.25, 0.3) is 0 Å². The van der Waals surface area contributed by atoms with Crippen LogP contribution in [0.1, 0.15) is 21.6 Å². The maximum Gasteiger partial charge on any atom is 0.266 e. The number of amides is 2. The first-order valence-electron chi connectivity index (χ1n) is 10.2. The van der Waals surface area contributed by atoms with Gasteiger partial charge >= 0.3 is 0 Å². The number of hydrogen-bond donors (Lipinski definition) is 3. The third-order valence-electron chi connectivity index (χ3n) is 4.82. The molecule has 33 heavy (non-hydrogen) atoms. The number of imidazole rings is 1. The van der Waals surface area contributed by atoms with Crippen molar-refractivity contribution < 1.29 is 28.7 Å². The van der Waals surface area contributed by atoms with Crippen molar-refractivity contribution in [2.45, 2.75) is 25.6 Å². The smallest absolute Gasteiger partial charge is 0.266 e. The second-order valence-corrected chi connectivity index (χ2v) is 7.24. The number of hydrogen-bond acceptors (Lipinski definition) is 6. The van der Waals surface area contributed by atoms with E-state index in [9.17, 15) is 14.0 Å². The van der Waals surface area contributed by atoms with Crippen molar-refractivity contribution in [1.82, 2.24) is 20.3 Å². The molecule has 0 spiro atoms. The minimum atomic E-state index is -1.03. The van der Waals surface area contributed by atoms with Crippen molar-refractivity contribution in [3.63, 3.8) is 0 Å². The Labute approximate surface area is 190 Å². The Bertz CT molecular complexity index is 1050. The summed E-state index contributed by atoms with van der Waals surface area (Å²) in [6, 6.07) is 11.3. The van der Waals surface area contributed by atoms with E-state index in [0.717, 1.165) is 5.56 Å². The van der Waals surface area contributed by atoms with Gasteiger partial charge in [0.15, 0.2) is 0 Å². The largest absolute Gasteiger partial charge is 0.489 e. The van der Waals surface area contributed by atoms with Crippen LogP contribution in [0.15, 0.2) is 61.1 Å². The van der Waals surface area contributed by atoms with Crippen molar-refractivity contribution >= 4 is 11.8 Å². The zero-order chi connectivity index (χ0) is 23.6. The van der Waals surface area contributed by atoms with Crippen molar-refractivity contribution in [2.75, 3.05) is 13.7 Å². The highest BCUT2D eigenvalue weighted by molar-refractivity contribution is 5.97. The number of benzene rings is 2. The number of nitrogens with one attached hydrogen (secondary N) is 2. The first-order valence-corrected chi connectivity index (χ1v) is 10.2. The number of methoxy groups -OCH3 is 1. The van der Waals surface area contributed by atoms with Crippen molar-refractivity contribution in [3.8, 4) is 5.75 Å². The van der Waals surface area contributed by atoms with Crippen molar-refractivity contribution in [2.24, 2.45) is 0 Å². The lowest BCUT2D eigenvalue weighted by Gasteiger charge is -2.16. The van der Waals surface area contributed by atoms with E-state index in [1.165, 1.54) is 12.1 Å². The highest BCUT2D eigenvalue weighted by atomic mass is 19.1. The van der Waals surface area contributed by atoms with Crippen LogP contribution in [0.2, 0.25) is 0 Å². The molecule has 0 saturated carbocycles. The normalized spacial score (nSPS) is 11.6. The van der Waals surface area contributed by atoms with E-state index < -0.39 is 17.9 Å². The molecule has 0 aliphatic carbocycles. The number of carbonyl (C=O) groups is 2. The van der Waals surface area contributed by atoms with Crippen LogP contribution in [0, 0.1) is 5.82 Å². The molecule has 2 amide bonds. The van der Waals surface area contributed by atoms with Crippen molar-refractivity contribution in [1.29, 1.82) is 0 Å². The van der Waals surface area contributed by atoms with Gasteiger partial charge in [0.05, 0.1) is 18.6 Å². The third-order valence-corrected chi connectivity index (χ3v) is 4.82. The summed E-state index contributed by atoms with van der Waals surface area (Å²) in [5.74, 6) is -1.04. The predicted octanol–water partition coefficient (Wildman–Crippen LogP) is 2.09. The van der Waals surface area contributed by atoms with Crippen LogP contribution in [0.4, 0.5) is 4.39 Å². The van der Waals surface area contributed by atoms with Gasteiger partial charge in [-0.3, -0.25) is 14.8 Å². The predicted molar refractivity (Wildman–Crippen MR) is 116 cm³/mol. The van der Waals surface area contributed by atoms with Crippen LogP contribution in [-0.4, -0.2) is 46.3 Å². The van der Waals surface area contributed by atoms with Gasteiger partial charge in [-0.05, 0) is 42.0 Å². The Morgan fingerprint density at radius 3 is 2.55 bits per heavy atom. The summed E-state index contributed by atoms with van der Waals surface area (Å²) in [5.41, 5.74) is 3.27. The van der Waals surface area contributed by atoms with E-state index in [-0.39, 0.29) is 18.8 Å². The number of hydroxylamine groups is 1. The minimum absolute atomic E-state index is 0.0942. The molecule has 2 aromatic carbocycles. The van der Waals surface area contributed by atoms with Crippen molar-refractivity contribution in [3.05, 3.63) is 83.7 Å². The molecular weight excluding hydrogens is 431 g/mol. The molecule has 1 atom stereocenters. The average molecular weight is 456 g/mol. The van der Waals surface area contributed by atoms with Crippen LogP contribution < -0.4 is 15.5 Å². The number of aromatic nitrogens is 2. The molecule has 1 heterocycles. The highest BCUT2D eigenvalue weighted by Gasteiger charge is 2.22. The van der Waals surface area contributed by atoms with E-state index in [2.05, 4.69) is 10.3 Å². The standard InChI is InChI=1S/C23H25FN4O5/c1-32-11-10-28-13-19(25-15-28)12-21(23(30)27-31)26-22(29)17-4-8-20(9-5-17)33-14-16-2-6-18(24)7-3-16/h2-9,13,15,21,31H,10-12,14H2,1H3,(H,26,29)(H,27,30). The van der Waals surface area contributed by atoms with Gasteiger partial charge in [-0.1, -0.05) is 12.1 Å². The lowest BCUT2D eigenvalue weighted by Crippen LogP contribution is -2.47. The Kier molecular flexibility index (Phi) is 8.50. The highest BCUT2D eigenvalue weighted by Crippen LogP contribution is 2.15. The minimum Gasteiger partial charge on any atom is -0.489 e. The summed E-state index contributed by atoms with van der Waals surface area (Å²) in [5, 5.41) is 11.7. The second-order valence-electron chi connectivity index (χ2n) is 7.24. The molecule has 3 aromatic rings. The molecule has 0 radical (unpaired) electrons. The number of ether oxygens (including phenoxy) is 2. The molecule has 1 aromatic heterocycles. The number of rotatable bonds is 11. The monoisotopic (exact) mass is 456 g/mol. The number of halogens is 1. The Hall–Kier alpha value is -3.76. The van der Waals surface area contributed by atoms with E-state index in [1.54, 1.807) is 66.1 Å². The number of carbonyl (C=O) groups excluding carboxylic acids is 2. The zero-order valence-electron chi connectivity index (χ0n) is 18.0. The topological polar surface area (TPSA) is 115 Å². The molecule has 10 heteroatoms. The Morgan fingerprint density at radius 2 is 1.88 bits per heavy atom. The summed E-state index contributed by atoms with van der Waals surface area (Å²) in [4.78, 5) is 29.0. The summed E-state index contributed by atoms with van der Waals surface area (Å²) >= 11 is 0. The van der Waals surface area contributed by atoms with E-state index >= 15 is 0 Å². The van der Waals surface area contributed by atoms with Crippen LogP contribution >= 0.6 is 0 Å². The SMILES string of the molecule is COCCn1cnc(CC(NC(=O)c2ccc(OCc3ccc(F)cc3)cc2)C(=O)NO)c1. The van der Waals surface area contributed by atoms with Crippen LogP contribution in [0.5, 0.6) is 5.75 Å². The fraction of sp³-hybridized carbons (Fsp3) is 0.261. The summed E-state index contributed by atoms with van der Waals surface area (Å²) in [6.45, 7) is 1.36. The Morgan fingerprint density at radius 1 is 1.15 bits per heavy atom. The molecule has 3 rings (SSSR count). The molecule has 0 fully saturated rings. The van der Waals surface area contributed by atoms with Gasteiger partial charge in [0.1, 0.15) is 24.2 Å². The van der Waals surface area contributed by atoms with Gasteiger partial charge in [-0.15, -0.1) is 0 Å². The molecule has 0 bridgehead atoms. The average Bonchev–Trinajstić information content (AvgIpc) is 3.29. The van der Waals surface area contributed by atoms with E-state index in [0.29, 0.717) is 30.2 Å². The maximum absolute atomic E-state index is 13.0. The van der Waals surface area contributed by atoms with E-state index in [4.69, 9.17) is 14.7 Å². The molecule has 9 nitrogen and oxygen atoms in total. The lowest BCUT2D eigenvalue weighted by atomic mass is 10.1. The molecular formula is C23H25FN4O5. The molecule has 0 aliphatic rings. The molecule has 0 aliphatic heterocycles. The molecule has 174 valence electrons. The lowest BCUT2D eigenvalue weighted by molar-refractivity contribution is -0.131. The van der Waals surface area contributed by atoms with Gasteiger partial charge in [0.2, 0.25) is 0 Å². The summed E-state index contributed by atoms with van der Waals surface area (Å²) in [6.07, 6.45) is 3.45. The first kappa shape index (κ1) is 23.9. The fourth-order valence-electron chi connectivity index (χ4n) is 3.02. The summed E-state index contributed by atoms with van der Waals surface area (Å²) < 4.78 is 25.4. The molecule has 1 unspecified atom stereocenters. The molecule has 0 saturated heterocycles. The van der Waals surface area contributed by atoms with E-state index in [1.807, 2.05) is 0 Å².